The van der Waals surface area contributed by atoms with Crippen molar-refractivity contribution in [1.29, 1.82) is 0 Å². The Kier molecular flexibility index (Phi) is 6.85. The summed E-state index contributed by atoms with van der Waals surface area (Å²) in [6, 6.07) is 0. The van der Waals surface area contributed by atoms with Gasteiger partial charge >= 0.3 is 0 Å². The Labute approximate surface area is 140 Å². The van der Waals surface area contributed by atoms with E-state index in [9.17, 15) is 9.59 Å². The Balaban J connectivity index is 3.52. The maximum atomic E-state index is 13.0. The molecule has 0 atom stereocenters. The van der Waals surface area contributed by atoms with Gasteiger partial charge in [0.25, 0.3) is 11.8 Å². The van der Waals surface area contributed by atoms with Crippen LogP contribution in [-0.2, 0) is 6.54 Å². The minimum absolute atomic E-state index is 0.0453. The second kappa shape index (κ2) is 8.18. The monoisotopic (exact) mass is 321 g/mol. The maximum Gasteiger partial charge on any atom is 0.256 e. The van der Waals surface area contributed by atoms with Crippen LogP contribution < -0.4 is 0 Å². The van der Waals surface area contributed by atoms with Crippen molar-refractivity contribution in [2.45, 2.75) is 54.0 Å². The predicted octanol–water partition coefficient (Wildman–Crippen LogP) is 3.09. The topological polar surface area (TPSA) is 45.6 Å². The lowest BCUT2D eigenvalue weighted by molar-refractivity contribution is 0.0753. The van der Waals surface area contributed by atoms with E-state index >= 15 is 0 Å². The maximum absolute atomic E-state index is 13.0. The molecule has 0 aliphatic carbocycles. The molecule has 1 aromatic rings. The molecular weight excluding hydrogens is 290 g/mol. The van der Waals surface area contributed by atoms with E-state index in [1.54, 1.807) is 23.9 Å². The van der Waals surface area contributed by atoms with Crippen LogP contribution in [0.1, 0.15) is 65.7 Å². The number of aromatic nitrogens is 1. The minimum atomic E-state index is -0.101. The van der Waals surface area contributed by atoms with Crippen LogP contribution in [0.3, 0.4) is 0 Å². The number of unbranched alkanes of at least 4 members (excludes halogenated alkanes) is 1. The van der Waals surface area contributed by atoms with Crippen LogP contribution in [0.4, 0.5) is 0 Å². The molecule has 0 N–H and O–H groups in total. The smallest absolute Gasteiger partial charge is 0.256 e. The minimum Gasteiger partial charge on any atom is -0.348 e. The van der Waals surface area contributed by atoms with Gasteiger partial charge in [0.15, 0.2) is 0 Å². The molecule has 1 rings (SSSR count). The molecule has 23 heavy (non-hydrogen) atoms. The second-order valence-corrected chi connectivity index (χ2v) is 6.10. The van der Waals surface area contributed by atoms with Gasteiger partial charge < -0.3 is 14.4 Å². The van der Waals surface area contributed by atoms with Gasteiger partial charge in [-0.3, -0.25) is 9.59 Å². The number of amides is 2. The first-order chi connectivity index (χ1) is 10.8. The molecule has 0 fully saturated rings. The van der Waals surface area contributed by atoms with E-state index in [2.05, 4.69) is 11.5 Å². The molecule has 0 spiro atoms. The van der Waals surface area contributed by atoms with Gasteiger partial charge in [-0.1, -0.05) is 13.3 Å². The van der Waals surface area contributed by atoms with E-state index in [1.807, 2.05) is 27.7 Å². The van der Waals surface area contributed by atoms with Gasteiger partial charge in [-0.15, -0.1) is 0 Å². The number of carbonyl (C=O) groups excluding carboxylic acids is 2. The highest BCUT2D eigenvalue weighted by Gasteiger charge is 2.29. The van der Waals surface area contributed by atoms with Crippen LogP contribution in [0.25, 0.3) is 0 Å². The molecule has 0 saturated carbocycles. The highest BCUT2D eigenvalue weighted by molar-refractivity contribution is 6.09. The van der Waals surface area contributed by atoms with Crippen molar-refractivity contribution in [2.75, 3.05) is 27.2 Å². The first-order valence-electron chi connectivity index (χ1n) is 8.52. The van der Waals surface area contributed by atoms with Gasteiger partial charge in [-0.2, -0.15) is 0 Å². The van der Waals surface area contributed by atoms with Gasteiger partial charge in [-0.25, -0.2) is 0 Å². The molecule has 0 saturated heterocycles. The van der Waals surface area contributed by atoms with Gasteiger partial charge in [0.2, 0.25) is 0 Å². The van der Waals surface area contributed by atoms with Crippen molar-refractivity contribution in [1.82, 2.24) is 14.4 Å². The average molecular weight is 321 g/mol. The number of hydrogen-bond donors (Lipinski definition) is 0. The van der Waals surface area contributed by atoms with Crippen molar-refractivity contribution in [2.24, 2.45) is 0 Å². The molecular formula is C18H31N3O2. The molecule has 1 heterocycles. The summed E-state index contributed by atoms with van der Waals surface area (Å²) in [7, 11) is 3.46. The average Bonchev–Trinajstić information content (AvgIpc) is 2.76. The summed E-state index contributed by atoms with van der Waals surface area (Å²) in [6.45, 7) is 12.1. The molecule has 0 aromatic carbocycles. The van der Waals surface area contributed by atoms with Crippen LogP contribution >= 0.6 is 0 Å². The third-order valence-corrected chi connectivity index (χ3v) is 4.40. The second-order valence-electron chi connectivity index (χ2n) is 6.10. The third kappa shape index (κ3) is 3.77. The highest BCUT2D eigenvalue weighted by Crippen LogP contribution is 2.26. The zero-order valence-electron chi connectivity index (χ0n) is 15.7. The third-order valence-electron chi connectivity index (χ3n) is 4.40. The molecule has 1 aromatic heterocycles. The van der Waals surface area contributed by atoms with Crippen LogP contribution in [0.5, 0.6) is 0 Å². The largest absolute Gasteiger partial charge is 0.348 e. The van der Waals surface area contributed by atoms with E-state index in [1.165, 1.54) is 0 Å². The lowest BCUT2D eigenvalue weighted by Crippen LogP contribution is -2.33. The van der Waals surface area contributed by atoms with Gasteiger partial charge in [-0.05, 0) is 34.1 Å². The van der Waals surface area contributed by atoms with Crippen molar-refractivity contribution >= 4 is 11.8 Å². The summed E-state index contributed by atoms with van der Waals surface area (Å²) >= 11 is 0. The lowest BCUT2D eigenvalue weighted by Gasteiger charge is -2.20. The fourth-order valence-corrected chi connectivity index (χ4v) is 2.95. The van der Waals surface area contributed by atoms with E-state index < -0.39 is 0 Å². The molecule has 0 radical (unpaired) electrons. The van der Waals surface area contributed by atoms with E-state index in [0.29, 0.717) is 24.2 Å². The SMILES string of the molecule is CCCCn1c(C)c(C(=O)N(C)C)c(C(=O)N(CC)CC)c1C. The fourth-order valence-electron chi connectivity index (χ4n) is 2.95. The first-order valence-corrected chi connectivity index (χ1v) is 8.52. The van der Waals surface area contributed by atoms with Crippen LogP contribution in [0.2, 0.25) is 0 Å². The summed E-state index contributed by atoms with van der Waals surface area (Å²) in [4.78, 5) is 29.0. The Hall–Kier alpha value is -1.78. The Morgan fingerprint density at radius 1 is 0.913 bits per heavy atom. The van der Waals surface area contributed by atoms with Crippen LogP contribution in [0.15, 0.2) is 0 Å². The predicted molar refractivity (Wildman–Crippen MR) is 94.1 cm³/mol. The normalized spacial score (nSPS) is 10.7. The molecule has 0 unspecified atom stereocenters. The standard InChI is InChI=1S/C18H31N3O2/c1-8-11-12-21-13(4)15(17(22)19(6)7)16(14(21)5)18(23)20(9-2)10-3/h8-12H2,1-7H3. The Bertz CT molecular complexity index is 569. The van der Waals surface area contributed by atoms with Crippen molar-refractivity contribution in [3.8, 4) is 0 Å². The van der Waals surface area contributed by atoms with Crippen molar-refractivity contribution in [3.63, 3.8) is 0 Å². The summed E-state index contributed by atoms with van der Waals surface area (Å²) < 4.78 is 2.12. The number of carbonyl (C=O) groups is 2. The lowest BCUT2D eigenvalue weighted by atomic mass is 10.1. The van der Waals surface area contributed by atoms with Gasteiger partial charge in [0.05, 0.1) is 11.1 Å². The summed E-state index contributed by atoms with van der Waals surface area (Å²) in [5, 5.41) is 0. The molecule has 130 valence electrons. The number of rotatable bonds is 7. The van der Waals surface area contributed by atoms with Crippen LogP contribution in [0, 0.1) is 13.8 Å². The van der Waals surface area contributed by atoms with Gasteiger partial charge in [0.1, 0.15) is 0 Å². The quantitative estimate of drug-likeness (QED) is 0.775. The Morgan fingerprint density at radius 3 is 1.78 bits per heavy atom. The number of nitrogens with zero attached hydrogens (tertiary/aromatic N) is 3. The zero-order valence-corrected chi connectivity index (χ0v) is 15.7. The Morgan fingerprint density at radius 2 is 1.39 bits per heavy atom. The molecule has 0 aliphatic heterocycles. The van der Waals surface area contributed by atoms with Crippen LogP contribution in [-0.4, -0.2) is 53.4 Å². The molecule has 5 nitrogen and oxygen atoms in total. The van der Waals surface area contributed by atoms with E-state index in [4.69, 9.17) is 0 Å². The summed E-state index contributed by atoms with van der Waals surface area (Å²) in [5.74, 6) is -0.146. The first kappa shape index (κ1) is 19.3. The molecule has 5 heteroatoms. The van der Waals surface area contributed by atoms with E-state index in [0.717, 1.165) is 30.8 Å². The molecule has 2 amide bonds. The van der Waals surface area contributed by atoms with Crippen molar-refractivity contribution < 1.29 is 9.59 Å². The zero-order chi connectivity index (χ0) is 17.7. The highest BCUT2D eigenvalue weighted by atomic mass is 16.2. The van der Waals surface area contributed by atoms with Gasteiger partial charge in [0, 0.05) is 45.1 Å². The summed E-state index contributed by atoms with van der Waals surface area (Å²) in [6.07, 6.45) is 2.11. The summed E-state index contributed by atoms with van der Waals surface area (Å²) in [5.41, 5.74) is 2.92. The van der Waals surface area contributed by atoms with E-state index in [-0.39, 0.29) is 11.8 Å². The number of hydrogen-bond acceptors (Lipinski definition) is 2. The molecule has 0 bridgehead atoms. The fraction of sp³-hybridized carbons (Fsp3) is 0.667. The molecule has 0 aliphatic rings. The van der Waals surface area contributed by atoms with Crippen molar-refractivity contribution in [3.05, 3.63) is 22.5 Å².